The van der Waals surface area contributed by atoms with Crippen LogP contribution in [-0.2, 0) is 13.0 Å². The summed E-state index contributed by atoms with van der Waals surface area (Å²) in [7, 11) is 0. The van der Waals surface area contributed by atoms with Crippen LogP contribution in [0.5, 0.6) is 0 Å². The number of fused-ring (bicyclic) bond motifs is 1. The highest BCUT2D eigenvalue weighted by Crippen LogP contribution is 2.39. The van der Waals surface area contributed by atoms with Crippen LogP contribution in [-0.4, -0.2) is 40.8 Å². The summed E-state index contributed by atoms with van der Waals surface area (Å²) in [5.74, 6) is 2.20. The summed E-state index contributed by atoms with van der Waals surface area (Å²) in [5, 5.41) is 13.7. The molecule has 2 fully saturated rings. The summed E-state index contributed by atoms with van der Waals surface area (Å²) in [6.07, 6.45) is 7.28. The zero-order chi connectivity index (χ0) is 14.2. The maximum Gasteiger partial charge on any atom is 0.136 e. The molecule has 0 aromatic carbocycles. The van der Waals surface area contributed by atoms with Crippen molar-refractivity contribution in [2.24, 2.45) is 11.8 Å². The fourth-order valence-electron chi connectivity index (χ4n) is 3.80. The average Bonchev–Trinajstić information content (AvgIpc) is 3.39. The van der Waals surface area contributed by atoms with Crippen molar-refractivity contribution in [3.05, 3.63) is 17.6 Å². The molecule has 3 heterocycles. The number of nitrogens with one attached hydrogen (secondary N) is 1. The number of hydrogen-bond donors (Lipinski definition) is 2. The van der Waals surface area contributed by atoms with Gasteiger partial charge in [-0.05, 0) is 37.5 Å². The van der Waals surface area contributed by atoms with Gasteiger partial charge in [0.05, 0.1) is 11.8 Å². The normalized spacial score (nSPS) is 24.7. The third-order valence-electron chi connectivity index (χ3n) is 5.28. The van der Waals surface area contributed by atoms with Crippen molar-refractivity contribution in [2.75, 3.05) is 24.5 Å². The smallest absolute Gasteiger partial charge is 0.136 e. The number of aromatic nitrogens is 2. The first-order valence-electron chi connectivity index (χ1n) is 8.29. The Balaban J connectivity index is 1.46. The molecular weight excluding hydrogens is 264 g/mol. The van der Waals surface area contributed by atoms with Gasteiger partial charge < -0.3 is 15.3 Å². The molecule has 5 heteroatoms. The van der Waals surface area contributed by atoms with Gasteiger partial charge in [0, 0.05) is 38.2 Å². The van der Waals surface area contributed by atoms with Crippen LogP contribution in [0.25, 0.3) is 0 Å². The Hall–Kier alpha value is -1.20. The van der Waals surface area contributed by atoms with Crippen LogP contribution in [0.4, 0.5) is 5.82 Å². The van der Waals surface area contributed by atoms with E-state index in [4.69, 9.17) is 0 Å². The molecule has 4 rings (SSSR count). The van der Waals surface area contributed by atoms with Gasteiger partial charge in [-0.25, -0.2) is 9.97 Å². The zero-order valence-electron chi connectivity index (χ0n) is 12.5. The highest BCUT2D eigenvalue weighted by Gasteiger charge is 2.37. The molecule has 1 aromatic heterocycles. The molecule has 1 atom stereocenters. The predicted octanol–water partition coefficient (Wildman–Crippen LogP) is 1.11. The summed E-state index contributed by atoms with van der Waals surface area (Å²) in [5.41, 5.74) is 2.49. The van der Waals surface area contributed by atoms with E-state index in [0.717, 1.165) is 51.3 Å². The van der Waals surface area contributed by atoms with Gasteiger partial charge in [-0.2, -0.15) is 0 Å². The van der Waals surface area contributed by atoms with Crippen molar-refractivity contribution in [1.29, 1.82) is 0 Å². The molecule has 1 unspecified atom stereocenters. The van der Waals surface area contributed by atoms with Gasteiger partial charge in [-0.3, -0.25) is 0 Å². The van der Waals surface area contributed by atoms with E-state index in [-0.39, 0.29) is 6.10 Å². The van der Waals surface area contributed by atoms with Gasteiger partial charge >= 0.3 is 0 Å². The Morgan fingerprint density at radius 1 is 1.14 bits per heavy atom. The fourth-order valence-corrected chi connectivity index (χ4v) is 3.80. The topological polar surface area (TPSA) is 61.3 Å². The third-order valence-corrected chi connectivity index (χ3v) is 5.28. The average molecular weight is 288 g/mol. The van der Waals surface area contributed by atoms with E-state index in [1.54, 1.807) is 6.33 Å². The number of aliphatic hydroxyl groups excluding tert-OH is 1. The van der Waals surface area contributed by atoms with Crippen molar-refractivity contribution >= 4 is 5.82 Å². The molecule has 2 N–H and O–H groups in total. The van der Waals surface area contributed by atoms with Crippen LogP contribution in [0.1, 0.15) is 36.9 Å². The Morgan fingerprint density at radius 2 is 1.90 bits per heavy atom. The summed E-state index contributed by atoms with van der Waals surface area (Å²) >= 11 is 0. The van der Waals surface area contributed by atoms with Crippen LogP contribution in [0.3, 0.4) is 0 Å². The molecule has 21 heavy (non-hydrogen) atoms. The highest BCUT2D eigenvalue weighted by atomic mass is 16.3. The predicted molar refractivity (Wildman–Crippen MR) is 81.1 cm³/mol. The summed E-state index contributed by atoms with van der Waals surface area (Å²) in [6, 6.07) is 0. The minimum Gasteiger partial charge on any atom is -0.393 e. The quantitative estimate of drug-likeness (QED) is 0.872. The Kier molecular flexibility index (Phi) is 3.55. The Labute approximate surface area is 125 Å². The molecule has 0 spiro atoms. The first-order valence-corrected chi connectivity index (χ1v) is 8.29. The third kappa shape index (κ3) is 2.64. The Morgan fingerprint density at radius 3 is 2.67 bits per heavy atom. The number of rotatable bonds is 3. The van der Waals surface area contributed by atoms with Crippen LogP contribution in [0.2, 0.25) is 0 Å². The van der Waals surface area contributed by atoms with E-state index in [0.29, 0.717) is 11.8 Å². The molecule has 1 saturated heterocycles. The van der Waals surface area contributed by atoms with E-state index < -0.39 is 0 Å². The molecular formula is C16H24N4O. The molecule has 1 saturated carbocycles. The van der Waals surface area contributed by atoms with Crippen LogP contribution >= 0.6 is 0 Å². The van der Waals surface area contributed by atoms with Crippen LogP contribution in [0.15, 0.2) is 6.33 Å². The van der Waals surface area contributed by atoms with Crippen molar-refractivity contribution in [1.82, 2.24) is 15.3 Å². The minimum atomic E-state index is -0.0619. The van der Waals surface area contributed by atoms with E-state index in [9.17, 15) is 5.11 Å². The zero-order valence-corrected chi connectivity index (χ0v) is 12.5. The summed E-state index contributed by atoms with van der Waals surface area (Å²) < 4.78 is 0. The molecule has 5 nitrogen and oxygen atoms in total. The maximum absolute atomic E-state index is 10.3. The molecule has 2 aliphatic heterocycles. The molecule has 3 aliphatic rings. The monoisotopic (exact) mass is 288 g/mol. The molecule has 0 radical (unpaired) electrons. The number of hydrogen-bond acceptors (Lipinski definition) is 5. The Bertz CT molecular complexity index is 509. The molecule has 114 valence electrons. The molecule has 1 aromatic rings. The lowest BCUT2D eigenvalue weighted by molar-refractivity contribution is 0.0730. The first-order chi connectivity index (χ1) is 10.3. The number of anilines is 1. The number of aliphatic hydroxyl groups is 1. The second-order valence-electron chi connectivity index (χ2n) is 6.70. The second-order valence-corrected chi connectivity index (χ2v) is 6.70. The SMILES string of the molecule is OC(C1CC1)C1CCN(c2ncnc3c2CNCC3)CC1. The van der Waals surface area contributed by atoms with E-state index >= 15 is 0 Å². The standard InChI is InChI=1S/C16H24N4O/c21-15(11-1-2-11)12-4-7-20(8-5-12)16-13-9-17-6-3-14(13)18-10-19-16/h10-12,15,17,21H,1-9H2. The lowest BCUT2D eigenvalue weighted by atomic mass is 9.88. The fraction of sp³-hybridized carbons (Fsp3) is 0.750. The van der Waals surface area contributed by atoms with Crippen molar-refractivity contribution in [3.8, 4) is 0 Å². The molecule has 0 amide bonds. The van der Waals surface area contributed by atoms with Gasteiger partial charge in [0.15, 0.2) is 0 Å². The second kappa shape index (κ2) is 5.54. The number of nitrogens with zero attached hydrogens (tertiary/aromatic N) is 3. The number of piperidine rings is 1. The maximum atomic E-state index is 10.3. The van der Waals surface area contributed by atoms with E-state index in [2.05, 4.69) is 20.2 Å². The largest absolute Gasteiger partial charge is 0.393 e. The van der Waals surface area contributed by atoms with Crippen LogP contribution < -0.4 is 10.2 Å². The lowest BCUT2D eigenvalue weighted by Crippen LogP contribution is -2.40. The van der Waals surface area contributed by atoms with Gasteiger partial charge in [0.2, 0.25) is 0 Å². The van der Waals surface area contributed by atoms with Crippen molar-refractivity contribution in [3.63, 3.8) is 0 Å². The van der Waals surface area contributed by atoms with Crippen molar-refractivity contribution < 1.29 is 5.11 Å². The summed E-state index contributed by atoms with van der Waals surface area (Å²) in [4.78, 5) is 11.4. The molecule has 0 bridgehead atoms. The van der Waals surface area contributed by atoms with E-state index in [1.807, 2.05) is 0 Å². The van der Waals surface area contributed by atoms with Gasteiger partial charge in [-0.1, -0.05) is 0 Å². The highest BCUT2D eigenvalue weighted by molar-refractivity contribution is 5.49. The summed E-state index contributed by atoms with van der Waals surface area (Å²) in [6.45, 7) is 3.92. The van der Waals surface area contributed by atoms with Gasteiger partial charge in [0.25, 0.3) is 0 Å². The van der Waals surface area contributed by atoms with Gasteiger partial charge in [-0.15, -0.1) is 0 Å². The van der Waals surface area contributed by atoms with Gasteiger partial charge in [0.1, 0.15) is 12.1 Å². The minimum absolute atomic E-state index is 0.0619. The lowest BCUT2D eigenvalue weighted by Gasteiger charge is -2.36. The first kappa shape index (κ1) is 13.5. The van der Waals surface area contributed by atoms with Crippen LogP contribution in [0, 0.1) is 11.8 Å². The van der Waals surface area contributed by atoms with E-state index in [1.165, 1.54) is 24.1 Å². The van der Waals surface area contributed by atoms with Crippen molar-refractivity contribution in [2.45, 2.75) is 44.8 Å². The molecule has 1 aliphatic carbocycles.